The van der Waals surface area contributed by atoms with Gasteiger partial charge in [0.25, 0.3) is 0 Å². The van der Waals surface area contributed by atoms with Gasteiger partial charge in [0.05, 0.1) is 0 Å². The third-order valence-electron chi connectivity index (χ3n) is 2.75. The van der Waals surface area contributed by atoms with Crippen molar-refractivity contribution >= 4 is 17.6 Å². The average Bonchev–Trinajstić information content (AvgIpc) is 2.27. The van der Waals surface area contributed by atoms with E-state index in [4.69, 9.17) is 5.73 Å². The Kier molecular flexibility index (Phi) is 3.63. The minimum absolute atomic E-state index is 0.222. The summed E-state index contributed by atoms with van der Waals surface area (Å²) in [5.74, 6) is -1.62. The van der Waals surface area contributed by atoms with Crippen LogP contribution < -0.4 is 5.73 Å². The van der Waals surface area contributed by atoms with Crippen molar-refractivity contribution in [2.45, 2.75) is 42.4 Å². The highest BCUT2D eigenvalue weighted by atomic mass is 32.2. The van der Waals surface area contributed by atoms with Crippen molar-refractivity contribution in [2.75, 3.05) is 5.73 Å². The number of aromatic nitrogens is 1. The predicted molar refractivity (Wildman–Crippen MR) is 61.3 cm³/mol. The van der Waals surface area contributed by atoms with Crippen molar-refractivity contribution in [1.82, 2.24) is 4.98 Å². The number of anilines is 1. The van der Waals surface area contributed by atoms with Crippen molar-refractivity contribution in [1.29, 1.82) is 0 Å². The molecule has 5 heteroatoms. The third-order valence-corrected chi connectivity index (χ3v) is 4.07. The van der Waals surface area contributed by atoms with Crippen LogP contribution in [0.2, 0.25) is 0 Å². The van der Waals surface area contributed by atoms with Gasteiger partial charge in [-0.2, -0.15) is 0 Å². The average molecular weight is 244 g/mol. The largest absolute Gasteiger partial charge is 0.381 e. The number of nitrogens with two attached hydrogens (primary N) is 1. The SMILES string of the molecule is Nc1nc(SC2CCCCC2)c(F)cc1F. The molecule has 16 heavy (non-hydrogen) atoms. The molecular formula is C11H14F2N2S. The number of thioether (sulfide) groups is 1. The zero-order valence-corrected chi connectivity index (χ0v) is 9.70. The van der Waals surface area contributed by atoms with E-state index in [1.807, 2.05) is 0 Å². The first-order valence-electron chi connectivity index (χ1n) is 5.45. The summed E-state index contributed by atoms with van der Waals surface area (Å²) in [5, 5.41) is 0.617. The van der Waals surface area contributed by atoms with E-state index in [-0.39, 0.29) is 10.8 Å². The molecule has 1 aromatic heterocycles. The van der Waals surface area contributed by atoms with E-state index in [1.165, 1.54) is 31.0 Å². The Hall–Kier alpha value is -0.840. The topological polar surface area (TPSA) is 38.9 Å². The van der Waals surface area contributed by atoms with Gasteiger partial charge < -0.3 is 5.73 Å². The van der Waals surface area contributed by atoms with Gasteiger partial charge >= 0.3 is 0 Å². The van der Waals surface area contributed by atoms with Crippen LogP contribution in [-0.2, 0) is 0 Å². The van der Waals surface area contributed by atoms with Crippen LogP contribution >= 0.6 is 11.8 Å². The molecule has 2 N–H and O–H groups in total. The highest BCUT2D eigenvalue weighted by Gasteiger charge is 2.18. The Morgan fingerprint density at radius 2 is 1.88 bits per heavy atom. The van der Waals surface area contributed by atoms with Crippen LogP contribution in [0.15, 0.2) is 11.1 Å². The number of rotatable bonds is 2. The Balaban J connectivity index is 2.11. The normalized spacial score (nSPS) is 17.6. The Bertz CT molecular complexity index is 378. The van der Waals surface area contributed by atoms with Gasteiger partial charge in [-0.15, -0.1) is 0 Å². The smallest absolute Gasteiger partial charge is 0.168 e. The van der Waals surface area contributed by atoms with Gasteiger partial charge in [-0.3, -0.25) is 0 Å². The Labute approximate surface area is 97.6 Å². The summed E-state index contributed by atoms with van der Waals surface area (Å²) in [5.41, 5.74) is 5.33. The minimum atomic E-state index is -0.787. The second kappa shape index (κ2) is 4.99. The number of nitrogen functional groups attached to an aromatic ring is 1. The van der Waals surface area contributed by atoms with Crippen LogP contribution in [0.4, 0.5) is 14.6 Å². The van der Waals surface area contributed by atoms with E-state index < -0.39 is 11.6 Å². The first kappa shape index (κ1) is 11.6. The van der Waals surface area contributed by atoms with E-state index in [1.54, 1.807) is 0 Å². The first-order chi connectivity index (χ1) is 7.66. The standard InChI is InChI=1S/C11H14F2N2S/c12-8-6-9(13)11(15-10(8)14)16-7-4-2-1-3-5-7/h6-7H,1-5H2,(H2,14,15). The van der Waals surface area contributed by atoms with Crippen LogP contribution in [0.25, 0.3) is 0 Å². The molecule has 1 aliphatic rings. The summed E-state index contributed by atoms with van der Waals surface area (Å²) < 4.78 is 26.3. The molecular weight excluding hydrogens is 230 g/mol. The fourth-order valence-electron chi connectivity index (χ4n) is 1.89. The maximum Gasteiger partial charge on any atom is 0.168 e. The Morgan fingerprint density at radius 1 is 1.19 bits per heavy atom. The predicted octanol–water partition coefficient (Wildman–Crippen LogP) is 3.37. The second-order valence-electron chi connectivity index (χ2n) is 4.02. The summed E-state index contributed by atoms with van der Waals surface area (Å²) in [7, 11) is 0. The molecule has 0 radical (unpaired) electrons. The summed E-state index contributed by atoms with van der Waals surface area (Å²) in [6.07, 6.45) is 5.75. The van der Waals surface area contributed by atoms with Gasteiger partial charge in [-0.25, -0.2) is 13.8 Å². The first-order valence-corrected chi connectivity index (χ1v) is 6.33. The van der Waals surface area contributed by atoms with E-state index in [0.29, 0.717) is 5.25 Å². The molecule has 0 unspecified atom stereocenters. The van der Waals surface area contributed by atoms with Gasteiger partial charge in [0.2, 0.25) is 0 Å². The van der Waals surface area contributed by atoms with Crippen LogP contribution in [-0.4, -0.2) is 10.2 Å². The Morgan fingerprint density at radius 3 is 2.56 bits per heavy atom. The number of halogens is 2. The van der Waals surface area contributed by atoms with Crippen molar-refractivity contribution in [3.63, 3.8) is 0 Å². The van der Waals surface area contributed by atoms with Gasteiger partial charge in [0.1, 0.15) is 5.03 Å². The molecule has 0 amide bonds. The molecule has 1 fully saturated rings. The summed E-state index contributed by atoms with van der Waals surface area (Å²) in [6, 6.07) is 0.813. The second-order valence-corrected chi connectivity index (χ2v) is 5.31. The summed E-state index contributed by atoms with van der Waals surface area (Å²) in [4.78, 5) is 3.76. The molecule has 0 saturated heterocycles. The molecule has 1 aliphatic carbocycles. The fraction of sp³-hybridized carbons (Fsp3) is 0.545. The van der Waals surface area contributed by atoms with Crippen molar-refractivity contribution in [3.8, 4) is 0 Å². The van der Waals surface area contributed by atoms with Crippen molar-refractivity contribution in [3.05, 3.63) is 17.7 Å². The molecule has 0 aromatic carbocycles. The lowest BCUT2D eigenvalue weighted by Gasteiger charge is -2.20. The number of hydrogen-bond acceptors (Lipinski definition) is 3. The van der Waals surface area contributed by atoms with Crippen molar-refractivity contribution in [2.24, 2.45) is 0 Å². The maximum atomic E-state index is 13.4. The van der Waals surface area contributed by atoms with Gasteiger partial charge in [-0.05, 0) is 12.8 Å². The summed E-state index contributed by atoms with van der Waals surface area (Å²) >= 11 is 1.38. The van der Waals surface area contributed by atoms with E-state index >= 15 is 0 Å². The highest BCUT2D eigenvalue weighted by Crippen LogP contribution is 2.34. The lowest BCUT2D eigenvalue weighted by atomic mass is 10.0. The van der Waals surface area contributed by atoms with E-state index in [0.717, 1.165) is 18.9 Å². The van der Waals surface area contributed by atoms with Crippen molar-refractivity contribution < 1.29 is 8.78 Å². The molecule has 1 aromatic rings. The molecule has 0 spiro atoms. The molecule has 88 valence electrons. The third kappa shape index (κ3) is 2.64. The molecule has 0 aliphatic heterocycles. The van der Waals surface area contributed by atoms with Crippen LogP contribution in [0, 0.1) is 11.6 Å². The maximum absolute atomic E-state index is 13.4. The monoisotopic (exact) mass is 244 g/mol. The minimum Gasteiger partial charge on any atom is -0.381 e. The molecule has 1 saturated carbocycles. The van der Waals surface area contributed by atoms with E-state index in [2.05, 4.69) is 4.98 Å². The number of pyridine rings is 1. The quantitative estimate of drug-likeness (QED) is 0.867. The molecule has 0 atom stereocenters. The molecule has 0 bridgehead atoms. The highest BCUT2D eigenvalue weighted by molar-refractivity contribution is 7.99. The fourth-order valence-corrected chi connectivity index (χ4v) is 3.09. The lowest BCUT2D eigenvalue weighted by molar-refractivity contribution is 0.512. The van der Waals surface area contributed by atoms with Crippen LogP contribution in [0.5, 0.6) is 0 Å². The van der Waals surface area contributed by atoms with Crippen LogP contribution in [0.3, 0.4) is 0 Å². The van der Waals surface area contributed by atoms with Gasteiger partial charge in [0, 0.05) is 11.3 Å². The molecule has 1 heterocycles. The zero-order chi connectivity index (χ0) is 11.5. The molecule has 2 nitrogen and oxygen atoms in total. The summed E-state index contributed by atoms with van der Waals surface area (Å²) in [6.45, 7) is 0. The zero-order valence-electron chi connectivity index (χ0n) is 8.88. The van der Waals surface area contributed by atoms with Crippen LogP contribution in [0.1, 0.15) is 32.1 Å². The lowest BCUT2D eigenvalue weighted by Crippen LogP contribution is -2.09. The number of hydrogen-bond donors (Lipinski definition) is 1. The van der Waals surface area contributed by atoms with Gasteiger partial charge in [0.15, 0.2) is 17.5 Å². The van der Waals surface area contributed by atoms with Gasteiger partial charge in [-0.1, -0.05) is 31.0 Å². The van der Waals surface area contributed by atoms with E-state index in [9.17, 15) is 8.78 Å². The molecule has 2 rings (SSSR count). The number of nitrogens with zero attached hydrogens (tertiary/aromatic N) is 1.